The van der Waals surface area contributed by atoms with Crippen molar-refractivity contribution in [2.45, 2.75) is 6.92 Å². The highest BCUT2D eigenvalue weighted by molar-refractivity contribution is 9.11. The van der Waals surface area contributed by atoms with Crippen molar-refractivity contribution in [1.29, 1.82) is 10.5 Å². The fraction of sp³-hybridized carbons (Fsp3) is 0.0909. The molecule has 0 aromatic rings. The maximum Gasteiger partial charge on any atom is 0.133 e. The molecular formula is C11H9BrN2. The summed E-state index contributed by atoms with van der Waals surface area (Å²) in [5.74, 6) is 0. The average Bonchev–Trinajstić information content (AvgIpc) is 2.19. The zero-order valence-electron chi connectivity index (χ0n) is 7.84. The van der Waals surface area contributed by atoms with E-state index in [0.717, 1.165) is 4.48 Å². The number of rotatable bonds is 3. The summed E-state index contributed by atoms with van der Waals surface area (Å²) in [7, 11) is 0. The molecule has 0 saturated heterocycles. The molecule has 0 aliphatic heterocycles. The molecule has 3 heteroatoms. The topological polar surface area (TPSA) is 47.6 Å². The minimum atomic E-state index is 0.0793. The summed E-state index contributed by atoms with van der Waals surface area (Å²) >= 11 is 3.23. The van der Waals surface area contributed by atoms with Gasteiger partial charge in [-0.1, -0.05) is 35.2 Å². The molecule has 0 bridgehead atoms. The van der Waals surface area contributed by atoms with Gasteiger partial charge < -0.3 is 0 Å². The molecule has 0 aliphatic carbocycles. The van der Waals surface area contributed by atoms with Crippen molar-refractivity contribution in [1.82, 2.24) is 0 Å². The Morgan fingerprint density at radius 2 is 1.86 bits per heavy atom. The third-order valence-corrected chi connectivity index (χ3v) is 2.14. The van der Waals surface area contributed by atoms with Gasteiger partial charge >= 0.3 is 0 Å². The van der Waals surface area contributed by atoms with Gasteiger partial charge in [-0.15, -0.1) is 0 Å². The van der Waals surface area contributed by atoms with E-state index in [-0.39, 0.29) is 5.57 Å². The van der Waals surface area contributed by atoms with Crippen LogP contribution in [0.15, 0.2) is 46.5 Å². The lowest BCUT2D eigenvalue weighted by Crippen LogP contribution is -1.85. The summed E-state index contributed by atoms with van der Waals surface area (Å²) in [4.78, 5) is 0. The van der Waals surface area contributed by atoms with Gasteiger partial charge in [-0.25, -0.2) is 0 Å². The quantitative estimate of drug-likeness (QED) is 0.568. The predicted octanol–water partition coefficient (Wildman–Crippen LogP) is 3.37. The monoisotopic (exact) mass is 248 g/mol. The van der Waals surface area contributed by atoms with Gasteiger partial charge in [-0.3, -0.25) is 0 Å². The van der Waals surface area contributed by atoms with Crippen LogP contribution in [-0.2, 0) is 0 Å². The van der Waals surface area contributed by atoms with E-state index < -0.39 is 0 Å². The molecule has 0 amide bonds. The Balaban J connectivity index is 5.11. The van der Waals surface area contributed by atoms with E-state index in [0.29, 0.717) is 11.1 Å². The van der Waals surface area contributed by atoms with E-state index >= 15 is 0 Å². The Labute approximate surface area is 92.3 Å². The molecule has 0 aromatic heterocycles. The number of allylic oxidation sites excluding steroid dienone is 6. The fourth-order valence-electron chi connectivity index (χ4n) is 0.687. The first kappa shape index (κ1) is 12.4. The van der Waals surface area contributed by atoms with Gasteiger partial charge in [-0.2, -0.15) is 10.5 Å². The molecule has 0 fully saturated rings. The zero-order valence-corrected chi connectivity index (χ0v) is 9.43. The maximum atomic E-state index is 8.61. The van der Waals surface area contributed by atoms with Gasteiger partial charge in [-0.05, 0) is 24.1 Å². The molecule has 0 aliphatic rings. The van der Waals surface area contributed by atoms with Gasteiger partial charge in [0.05, 0.1) is 0 Å². The highest BCUT2D eigenvalue weighted by Gasteiger charge is 2.02. The first-order valence-electron chi connectivity index (χ1n) is 3.76. The van der Waals surface area contributed by atoms with Gasteiger partial charge in [0.1, 0.15) is 17.7 Å². The van der Waals surface area contributed by atoms with E-state index in [1.54, 1.807) is 19.1 Å². The standard InChI is InChI=1S/C11H9BrN2/c1-4-11(12)5-8(2)9(3)10(6-13)7-14/h4-5H,1-2H2,3H3/b11-5+. The maximum absolute atomic E-state index is 8.61. The van der Waals surface area contributed by atoms with Crippen LogP contribution in [0.2, 0.25) is 0 Å². The van der Waals surface area contributed by atoms with Gasteiger partial charge in [0.15, 0.2) is 0 Å². The lowest BCUT2D eigenvalue weighted by Gasteiger charge is -1.99. The average molecular weight is 249 g/mol. The molecular weight excluding hydrogens is 240 g/mol. The van der Waals surface area contributed by atoms with E-state index in [9.17, 15) is 0 Å². The number of hydrogen-bond acceptors (Lipinski definition) is 2. The molecule has 2 nitrogen and oxygen atoms in total. The van der Waals surface area contributed by atoms with Crippen molar-refractivity contribution < 1.29 is 0 Å². The van der Waals surface area contributed by atoms with E-state index in [1.807, 2.05) is 12.1 Å². The molecule has 0 spiro atoms. The second-order valence-corrected chi connectivity index (χ2v) is 3.40. The Hall–Kier alpha value is -1.58. The number of halogens is 1. The lowest BCUT2D eigenvalue weighted by atomic mass is 10.0. The third kappa shape index (κ3) is 3.43. The lowest BCUT2D eigenvalue weighted by molar-refractivity contribution is 1.36. The van der Waals surface area contributed by atoms with Crippen LogP contribution in [0, 0.1) is 22.7 Å². The van der Waals surface area contributed by atoms with E-state index in [4.69, 9.17) is 10.5 Å². The van der Waals surface area contributed by atoms with Crippen molar-refractivity contribution >= 4 is 15.9 Å². The molecule has 0 radical (unpaired) electrons. The van der Waals surface area contributed by atoms with E-state index in [2.05, 4.69) is 29.1 Å². The van der Waals surface area contributed by atoms with Gasteiger partial charge in [0.2, 0.25) is 0 Å². The molecule has 0 unspecified atom stereocenters. The van der Waals surface area contributed by atoms with Crippen molar-refractivity contribution in [2.75, 3.05) is 0 Å². The van der Waals surface area contributed by atoms with Crippen LogP contribution in [0.4, 0.5) is 0 Å². The first-order chi connectivity index (χ1) is 6.56. The Bertz CT molecular complexity index is 384. The summed E-state index contributed by atoms with van der Waals surface area (Å²) in [5, 5.41) is 17.2. The largest absolute Gasteiger partial charge is 0.192 e. The molecule has 0 atom stereocenters. The second-order valence-electron chi connectivity index (χ2n) is 2.48. The van der Waals surface area contributed by atoms with Crippen LogP contribution in [0.3, 0.4) is 0 Å². The molecule has 0 aromatic carbocycles. The van der Waals surface area contributed by atoms with Crippen LogP contribution >= 0.6 is 15.9 Å². The Morgan fingerprint density at radius 1 is 1.36 bits per heavy atom. The molecule has 0 heterocycles. The summed E-state index contributed by atoms with van der Waals surface area (Å²) < 4.78 is 0.761. The van der Waals surface area contributed by atoms with Crippen LogP contribution in [0.1, 0.15) is 6.92 Å². The summed E-state index contributed by atoms with van der Waals surface area (Å²) in [6.45, 7) is 8.99. The SMILES string of the molecule is C=C/C(Br)=C\C(=C)C(C)=C(C#N)C#N. The van der Waals surface area contributed by atoms with Crippen molar-refractivity contribution in [3.05, 3.63) is 46.5 Å². The number of nitrogens with zero attached hydrogens (tertiary/aromatic N) is 2. The van der Waals surface area contributed by atoms with Gasteiger partial charge in [0, 0.05) is 4.48 Å². The minimum Gasteiger partial charge on any atom is -0.192 e. The first-order valence-corrected chi connectivity index (χ1v) is 4.56. The normalized spacial score (nSPS) is 9.57. The Kier molecular flexibility index (Phi) is 5.29. The second kappa shape index (κ2) is 5.96. The molecule has 0 rings (SSSR count). The van der Waals surface area contributed by atoms with Crippen LogP contribution < -0.4 is 0 Å². The van der Waals surface area contributed by atoms with Crippen molar-refractivity contribution in [3.8, 4) is 12.1 Å². The van der Waals surface area contributed by atoms with Crippen LogP contribution in [0.25, 0.3) is 0 Å². The zero-order chi connectivity index (χ0) is 11.1. The van der Waals surface area contributed by atoms with Gasteiger partial charge in [0.25, 0.3) is 0 Å². The Morgan fingerprint density at radius 3 is 2.21 bits per heavy atom. The molecule has 14 heavy (non-hydrogen) atoms. The number of nitriles is 2. The van der Waals surface area contributed by atoms with Crippen molar-refractivity contribution in [3.63, 3.8) is 0 Å². The predicted molar refractivity (Wildman–Crippen MR) is 60.3 cm³/mol. The third-order valence-electron chi connectivity index (χ3n) is 1.59. The van der Waals surface area contributed by atoms with Crippen LogP contribution in [0.5, 0.6) is 0 Å². The highest BCUT2D eigenvalue weighted by atomic mass is 79.9. The summed E-state index contributed by atoms with van der Waals surface area (Å²) in [6, 6.07) is 3.62. The summed E-state index contributed by atoms with van der Waals surface area (Å²) in [6.07, 6.45) is 3.31. The van der Waals surface area contributed by atoms with E-state index in [1.165, 1.54) is 0 Å². The number of hydrogen-bond donors (Lipinski definition) is 0. The van der Waals surface area contributed by atoms with Crippen LogP contribution in [-0.4, -0.2) is 0 Å². The smallest absolute Gasteiger partial charge is 0.133 e. The molecule has 0 N–H and O–H groups in total. The van der Waals surface area contributed by atoms with Crippen molar-refractivity contribution in [2.24, 2.45) is 0 Å². The fourth-order valence-corrected chi connectivity index (χ4v) is 0.963. The highest BCUT2D eigenvalue weighted by Crippen LogP contribution is 2.17. The molecule has 70 valence electrons. The molecule has 0 saturated carbocycles. The minimum absolute atomic E-state index is 0.0793. The summed E-state index contributed by atoms with van der Waals surface area (Å²) in [5.41, 5.74) is 1.28.